The number of nitrogens with one attached hydrogen (secondary N) is 1. The summed E-state index contributed by atoms with van der Waals surface area (Å²) in [7, 11) is 1.76. The molecule has 0 aliphatic heterocycles. The molecule has 0 fully saturated rings. The molecule has 0 bridgehead atoms. The predicted molar refractivity (Wildman–Crippen MR) is 72.4 cm³/mol. The third-order valence-electron chi connectivity index (χ3n) is 2.75. The van der Waals surface area contributed by atoms with Gasteiger partial charge in [-0.1, -0.05) is 11.6 Å². The summed E-state index contributed by atoms with van der Waals surface area (Å²) in [4.78, 5) is 13.3. The number of hydrogen-bond donors (Lipinski definition) is 2. The molecule has 1 rings (SSSR count). The second-order valence-electron chi connectivity index (χ2n) is 3.90. The highest BCUT2D eigenvalue weighted by Crippen LogP contribution is 2.28. The van der Waals surface area contributed by atoms with Crippen molar-refractivity contribution in [3.05, 3.63) is 22.7 Å². The van der Waals surface area contributed by atoms with Crippen LogP contribution in [0.15, 0.2) is 12.1 Å². The lowest BCUT2D eigenvalue weighted by Crippen LogP contribution is -2.32. The molecule has 0 aliphatic rings. The Balaban J connectivity index is 2.76. The fraction of sp³-hybridized carbons (Fsp3) is 0.417. The molecule has 94 valence electrons. The summed E-state index contributed by atoms with van der Waals surface area (Å²) in [5.41, 5.74) is 8.03. The first-order chi connectivity index (χ1) is 7.97. The molecule has 17 heavy (non-hydrogen) atoms. The Labute approximate surface area is 107 Å². The zero-order valence-electron chi connectivity index (χ0n) is 10.4. The molecule has 0 aliphatic carbocycles. The van der Waals surface area contributed by atoms with Gasteiger partial charge < -0.3 is 16.0 Å². The number of halogens is 1. The summed E-state index contributed by atoms with van der Waals surface area (Å²) in [6, 6.07) is 3.48. The monoisotopic (exact) mass is 255 g/mol. The first-order valence-corrected chi connectivity index (χ1v) is 5.87. The van der Waals surface area contributed by atoms with Crippen LogP contribution in [0.3, 0.4) is 0 Å². The summed E-state index contributed by atoms with van der Waals surface area (Å²) in [6.07, 6.45) is 0. The number of nitrogens with two attached hydrogens (primary N) is 1. The van der Waals surface area contributed by atoms with Crippen molar-refractivity contribution >= 4 is 28.9 Å². The van der Waals surface area contributed by atoms with E-state index in [1.165, 1.54) is 0 Å². The molecule has 0 saturated carbocycles. The van der Waals surface area contributed by atoms with E-state index in [-0.39, 0.29) is 12.5 Å². The van der Waals surface area contributed by atoms with Crippen molar-refractivity contribution in [2.75, 3.05) is 31.2 Å². The molecule has 1 amide bonds. The number of nitrogen functional groups attached to an aromatic ring is 1. The molecule has 0 aromatic heterocycles. The number of hydrogen-bond acceptors (Lipinski definition) is 3. The highest BCUT2D eigenvalue weighted by molar-refractivity contribution is 6.31. The fourth-order valence-electron chi connectivity index (χ4n) is 1.42. The number of amides is 1. The predicted octanol–water partition coefficient (Wildman–Crippen LogP) is 2.12. The topological polar surface area (TPSA) is 58.4 Å². The SMILES string of the molecule is CCN(C)C(=O)CNc1c(N)ccc(Cl)c1C. The fourth-order valence-corrected chi connectivity index (χ4v) is 1.57. The van der Waals surface area contributed by atoms with E-state index in [4.69, 9.17) is 17.3 Å². The number of anilines is 2. The van der Waals surface area contributed by atoms with Crippen molar-refractivity contribution in [3.8, 4) is 0 Å². The van der Waals surface area contributed by atoms with Crippen LogP contribution in [-0.2, 0) is 4.79 Å². The van der Waals surface area contributed by atoms with Gasteiger partial charge in [-0.3, -0.25) is 4.79 Å². The van der Waals surface area contributed by atoms with Crippen molar-refractivity contribution < 1.29 is 4.79 Å². The lowest BCUT2D eigenvalue weighted by molar-refractivity contribution is -0.127. The average molecular weight is 256 g/mol. The van der Waals surface area contributed by atoms with E-state index in [0.717, 1.165) is 11.3 Å². The maximum Gasteiger partial charge on any atom is 0.241 e. The van der Waals surface area contributed by atoms with Crippen molar-refractivity contribution in [1.82, 2.24) is 4.90 Å². The van der Waals surface area contributed by atoms with Gasteiger partial charge in [0.05, 0.1) is 17.9 Å². The van der Waals surface area contributed by atoms with Crippen molar-refractivity contribution in [1.29, 1.82) is 0 Å². The zero-order valence-corrected chi connectivity index (χ0v) is 11.1. The Kier molecular flexibility index (Phi) is 4.63. The van der Waals surface area contributed by atoms with Gasteiger partial charge in [-0.15, -0.1) is 0 Å². The Bertz CT molecular complexity index is 420. The molecular formula is C12H18ClN3O. The molecule has 4 nitrogen and oxygen atoms in total. The molecule has 0 spiro atoms. The highest BCUT2D eigenvalue weighted by atomic mass is 35.5. The second-order valence-corrected chi connectivity index (χ2v) is 4.31. The Morgan fingerprint density at radius 3 is 2.76 bits per heavy atom. The molecular weight excluding hydrogens is 238 g/mol. The molecule has 0 atom stereocenters. The molecule has 3 N–H and O–H groups in total. The van der Waals surface area contributed by atoms with Gasteiger partial charge in [-0.2, -0.15) is 0 Å². The van der Waals surface area contributed by atoms with Gasteiger partial charge in [0.25, 0.3) is 0 Å². The normalized spacial score (nSPS) is 10.1. The van der Waals surface area contributed by atoms with E-state index in [1.807, 2.05) is 13.8 Å². The lowest BCUT2D eigenvalue weighted by atomic mass is 10.1. The number of carbonyl (C=O) groups is 1. The zero-order chi connectivity index (χ0) is 13.0. The molecule has 1 aromatic rings. The maximum atomic E-state index is 11.6. The van der Waals surface area contributed by atoms with E-state index in [0.29, 0.717) is 17.3 Å². The van der Waals surface area contributed by atoms with Crippen LogP contribution in [0, 0.1) is 6.92 Å². The van der Waals surface area contributed by atoms with Crippen LogP contribution in [-0.4, -0.2) is 30.9 Å². The van der Waals surface area contributed by atoms with Gasteiger partial charge in [0.15, 0.2) is 0 Å². The van der Waals surface area contributed by atoms with Crippen LogP contribution in [0.2, 0.25) is 5.02 Å². The smallest absolute Gasteiger partial charge is 0.241 e. The number of nitrogens with zero attached hydrogens (tertiary/aromatic N) is 1. The third-order valence-corrected chi connectivity index (χ3v) is 3.16. The quantitative estimate of drug-likeness (QED) is 0.811. The van der Waals surface area contributed by atoms with Crippen LogP contribution in [0.5, 0.6) is 0 Å². The van der Waals surface area contributed by atoms with Crippen LogP contribution >= 0.6 is 11.6 Å². The minimum Gasteiger partial charge on any atom is -0.397 e. The summed E-state index contributed by atoms with van der Waals surface area (Å²) >= 11 is 6.00. The molecule has 0 saturated heterocycles. The van der Waals surface area contributed by atoms with Crippen molar-refractivity contribution in [2.45, 2.75) is 13.8 Å². The van der Waals surface area contributed by atoms with E-state index in [2.05, 4.69) is 5.32 Å². The summed E-state index contributed by atoms with van der Waals surface area (Å²) in [6.45, 7) is 4.70. The summed E-state index contributed by atoms with van der Waals surface area (Å²) < 4.78 is 0. The molecule has 1 aromatic carbocycles. The first kappa shape index (κ1) is 13.6. The highest BCUT2D eigenvalue weighted by Gasteiger charge is 2.10. The maximum absolute atomic E-state index is 11.6. The molecule has 0 radical (unpaired) electrons. The molecule has 5 heteroatoms. The lowest BCUT2D eigenvalue weighted by Gasteiger charge is -2.17. The standard InChI is InChI=1S/C12H18ClN3O/c1-4-16(3)11(17)7-15-12-8(2)9(13)5-6-10(12)14/h5-6,15H,4,7,14H2,1-3H3. The van der Waals surface area contributed by atoms with Crippen LogP contribution in [0.1, 0.15) is 12.5 Å². The number of likely N-dealkylation sites (N-methyl/N-ethyl adjacent to an activating group) is 1. The summed E-state index contributed by atoms with van der Waals surface area (Å²) in [5, 5.41) is 3.67. The van der Waals surface area contributed by atoms with Crippen molar-refractivity contribution in [3.63, 3.8) is 0 Å². The van der Waals surface area contributed by atoms with Crippen LogP contribution in [0.25, 0.3) is 0 Å². The van der Waals surface area contributed by atoms with E-state index >= 15 is 0 Å². The van der Waals surface area contributed by atoms with Gasteiger partial charge >= 0.3 is 0 Å². The van der Waals surface area contributed by atoms with E-state index in [1.54, 1.807) is 24.1 Å². The molecule has 0 heterocycles. The average Bonchev–Trinajstić information content (AvgIpc) is 2.32. The second kappa shape index (κ2) is 5.77. The largest absolute Gasteiger partial charge is 0.397 e. The Hall–Kier alpha value is -1.42. The van der Waals surface area contributed by atoms with Gasteiger partial charge in [-0.05, 0) is 31.5 Å². The third kappa shape index (κ3) is 3.27. The first-order valence-electron chi connectivity index (χ1n) is 5.49. The van der Waals surface area contributed by atoms with Gasteiger partial charge in [0, 0.05) is 18.6 Å². The van der Waals surface area contributed by atoms with Gasteiger partial charge in [0.2, 0.25) is 5.91 Å². The summed E-state index contributed by atoms with van der Waals surface area (Å²) in [5.74, 6) is 0.0197. The van der Waals surface area contributed by atoms with Crippen LogP contribution < -0.4 is 11.1 Å². The van der Waals surface area contributed by atoms with Crippen molar-refractivity contribution in [2.24, 2.45) is 0 Å². The van der Waals surface area contributed by atoms with E-state index < -0.39 is 0 Å². The molecule has 0 unspecified atom stereocenters. The minimum atomic E-state index is 0.0197. The minimum absolute atomic E-state index is 0.0197. The Morgan fingerprint density at radius 1 is 1.53 bits per heavy atom. The Morgan fingerprint density at radius 2 is 2.18 bits per heavy atom. The number of rotatable bonds is 4. The van der Waals surface area contributed by atoms with Crippen LogP contribution in [0.4, 0.5) is 11.4 Å². The van der Waals surface area contributed by atoms with Gasteiger partial charge in [0.1, 0.15) is 0 Å². The van der Waals surface area contributed by atoms with Gasteiger partial charge in [-0.25, -0.2) is 0 Å². The number of carbonyl (C=O) groups excluding carboxylic acids is 1. The number of benzene rings is 1. The van der Waals surface area contributed by atoms with E-state index in [9.17, 15) is 4.79 Å².